The van der Waals surface area contributed by atoms with Crippen LogP contribution in [0.5, 0.6) is 5.75 Å². The molecule has 1 atom stereocenters. The molecule has 2 aliphatic heterocycles. The predicted molar refractivity (Wildman–Crippen MR) is 117 cm³/mol. The summed E-state index contributed by atoms with van der Waals surface area (Å²) in [5, 5.41) is 2.89. The van der Waals surface area contributed by atoms with E-state index in [-0.39, 0.29) is 30.1 Å². The highest BCUT2D eigenvalue weighted by Crippen LogP contribution is 2.38. The lowest BCUT2D eigenvalue weighted by atomic mass is 10.1. The molecule has 1 saturated carbocycles. The summed E-state index contributed by atoms with van der Waals surface area (Å²) in [5.74, 6) is 0.419. The van der Waals surface area contributed by atoms with Crippen molar-refractivity contribution in [2.45, 2.75) is 25.7 Å². The second kappa shape index (κ2) is 7.72. The predicted octanol–water partition coefficient (Wildman–Crippen LogP) is 2.99. The van der Waals surface area contributed by atoms with Crippen LogP contribution in [0.2, 0.25) is 0 Å². The Kier molecular flexibility index (Phi) is 4.88. The highest BCUT2D eigenvalue weighted by atomic mass is 16.5. The van der Waals surface area contributed by atoms with Gasteiger partial charge in [-0.2, -0.15) is 0 Å². The van der Waals surface area contributed by atoms with E-state index in [4.69, 9.17) is 4.74 Å². The number of amides is 3. The van der Waals surface area contributed by atoms with Crippen molar-refractivity contribution in [1.82, 2.24) is 0 Å². The van der Waals surface area contributed by atoms with Gasteiger partial charge in [0.15, 0.2) is 0 Å². The standard InChI is InChI=1S/C24H25N3O4/c1-31-20-4-2-3-18(13-20)25-23(29)17-12-22(28)27(14-17)19-7-8-21-16(11-19)9-10-26(21)24(30)15-5-6-15/h2-4,7-8,11,13,15,17H,5-6,9-10,12,14H2,1H3,(H,25,29)/t17-/m0/s1. The molecule has 0 unspecified atom stereocenters. The fraction of sp³-hybridized carbons (Fsp3) is 0.375. The maximum absolute atomic E-state index is 12.7. The van der Waals surface area contributed by atoms with Crippen LogP contribution in [0.25, 0.3) is 0 Å². The van der Waals surface area contributed by atoms with Crippen molar-refractivity contribution in [2.24, 2.45) is 11.8 Å². The van der Waals surface area contributed by atoms with Gasteiger partial charge in [0.2, 0.25) is 17.7 Å². The third-order valence-electron chi connectivity index (χ3n) is 6.30. The average Bonchev–Trinajstić information content (AvgIpc) is 3.43. The Balaban J connectivity index is 1.28. The van der Waals surface area contributed by atoms with Gasteiger partial charge in [-0.25, -0.2) is 0 Å². The zero-order valence-corrected chi connectivity index (χ0v) is 17.5. The van der Waals surface area contributed by atoms with Crippen LogP contribution in [0.1, 0.15) is 24.8 Å². The van der Waals surface area contributed by atoms with Crippen molar-refractivity contribution in [3.63, 3.8) is 0 Å². The Labute approximate surface area is 181 Å². The third-order valence-corrected chi connectivity index (χ3v) is 6.30. The van der Waals surface area contributed by atoms with Crippen LogP contribution in [-0.2, 0) is 20.8 Å². The molecule has 0 bridgehead atoms. The van der Waals surface area contributed by atoms with Crippen LogP contribution in [0.4, 0.5) is 17.1 Å². The number of nitrogens with zero attached hydrogens (tertiary/aromatic N) is 2. The van der Waals surface area contributed by atoms with Crippen molar-refractivity contribution in [3.05, 3.63) is 48.0 Å². The molecule has 2 heterocycles. The minimum atomic E-state index is -0.417. The second-order valence-corrected chi connectivity index (χ2v) is 8.45. The molecule has 160 valence electrons. The van der Waals surface area contributed by atoms with Gasteiger partial charge in [0.25, 0.3) is 0 Å². The topological polar surface area (TPSA) is 79.0 Å². The number of rotatable bonds is 5. The quantitative estimate of drug-likeness (QED) is 0.808. The highest BCUT2D eigenvalue weighted by molar-refractivity contribution is 6.04. The number of nitrogens with one attached hydrogen (secondary N) is 1. The number of hydrogen-bond donors (Lipinski definition) is 1. The average molecular weight is 419 g/mol. The lowest BCUT2D eigenvalue weighted by molar-refractivity contribution is -0.122. The van der Waals surface area contributed by atoms with E-state index in [2.05, 4.69) is 5.32 Å². The lowest BCUT2D eigenvalue weighted by Crippen LogP contribution is -2.30. The first-order valence-electron chi connectivity index (χ1n) is 10.7. The van der Waals surface area contributed by atoms with Crippen molar-refractivity contribution < 1.29 is 19.1 Å². The first kappa shape index (κ1) is 19.6. The van der Waals surface area contributed by atoms with Gasteiger partial charge in [-0.3, -0.25) is 14.4 Å². The third kappa shape index (κ3) is 3.76. The van der Waals surface area contributed by atoms with Gasteiger partial charge in [0.05, 0.1) is 13.0 Å². The molecule has 0 aromatic heterocycles. The van der Waals surface area contributed by atoms with Crippen molar-refractivity contribution in [1.29, 1.82) is 0 Å². The number of ether oxygens (including phenoxy) is 1. The van der Waals surface area contributed by atoms with Crippen LogP contribution in [0.3, 0.4) is 0 Å². The maximum atomic E-state index is 12.7. The van der Waals surface area contributed by atoms with Gasteiger partial charge < -0.3 is 19.9 Å². The molecule has 1 aliphatic carbocycles. The molecule has 5 rings (SSSR count). The molecule has 7 heteroatoms. The Bertz CT molecular complexity index is 1060. The molecule has 0 spiro atoms. The normalized spacial score (nSPS) is 20.0. The summed E-state index contributed by atoms with van der Waals surface area (Å²) in [6, 6.07) is 13.0. The summed E-state index contributed by atoms with van der Waals surface area (Å²) in [4.78, 5) is 41.5. The molecule has 31 heavy (non-hydrogen) atoms. The number of hydrogen-bond acceptors (Lipinski definition) is 4. The zero-order valence-electron chi connectivity index (χ0n) is 17.5. The first-order valence-corrected chi connectivity index (χ1v) is 10.7. The van der Waals surface area contributed by atoms with E-state index in [1.54, 1.807) is 24.1 Å². The molecule has 2 fully saturated rings. The fourth-order valence-electron chi connectivity index (χ4n) is 4.41. The number of benzene rings is 2. The molecule has 1 saturated heterocycles. The Morgan fingerprint density at radius 1 is 1.10 bits per heavy atom. The summed E-state index contributed by atoms with van der Waals surface area (Å²) < 4.78 is 5.19. The summed E-state index contributed by atoms with van der Waals surface area (Å²) in [6.07, 6.45) is 2.96. The minimum Gasteiger partial charge on any atom is -0.497 e. The number of fused-ring (bicyclic) bond motifs is 1. The van der Waals surface area contributed by atoms with E-state index in [0.717, 1.165) is 36.2 Å². The van der Waals surface area contributed by atoms with Crippen molar-refractivity contribution in [3.8, 4) is 5.75 Å². The highest BCUT2D eigenvalue weighted by Gasteiger charge is 2.38. The zero-order chi connectivity index (χ0) is 21.5. The number of carbonyl (C=O) groups is 3. The number of methoxy groups -OCH3 is 1. The van der Waals surface area contributed by atoms with E-state index >= 15 is 0 Å². The van der Waals surface area contributed by atoms with Gasteiger partial charge in [-0.05, 0) is 55.2 Å². The Hall–Kier alpha value is -3.35. The summed E-state index contributed by atoms with van der Waals surface area (Å²) in [5.41, 5.74) is 3.48. The van der Waals surface area contributed by atoms with Crippen molar-refractivity contribution in [2.75, 3.05) is 35.3 Å². The first-order chi connectivity index (χ1) is 15.0. The summed E-state index contributed by atoms with van der Waals surface area (Å²) in [6.45, 7) is 1.05. The molecule has 2 aromatic carbocycles. The second-order valence-electron chi connectivity index (χ2n) is 8.45. The van der Waals surface area contributed by atoms with E-state index < -0.39 is 5.92 Å². The van der Waals surface area contributed by atoms with Crippen LogP contribution in [-0.4, -0.2) is 37.9 Å². The molecule has 3 amide bonds. The molecule has 0 radical (unpaired) electrons. The van der Waals surface area contributed by atoms with Gasteiger partial charge >= 0.3 is 0 Å². The molecule has 7 nitrogen and oxygen atoms in total. The Morgan fingerprint density at radius 2 is 1.94 bits per heavy atom. The van der Waals surface area contributed by atoms with Crippen LogP contribution < -0.4 is 19.9 Å². The maximum Gasteiger partial charge on any atom is 0.230 e. The van der Waals surface area contributed by atoms with E-state index in [1.807, 2.05) is 35.2 Å². The van der Waals surface area contributed by atoms with E-state index in [0.29, 0.717) is 24.5 Å². The fourth-order valence-corrected chi connectivity index (χ4v) is 4.41. The number of carbonyl (C=O) groups excluding carboxylic acids is 3. The molecular formula is C24H25N3O4. The largest absolute Gasteiger partial charge is 0.497 e. The summed E-state index contributed by atoms with van der Waals surface area (Å²) >= 11 is 0. The minimum absolute atomic E-state index is 0.0605. The number of anilines is 3. The van der Waals surface area contributed by atoms with Gasteiger partial charge in [-0.1, -0.05) is 6.07 Å². The molecule has 2 aromatic rings. The van der Waals surface area contributed by atoms with Crippen LogP contribution in [0.15, 0.2) is 42.5 Å². The smallest absolute Gasteiger partial charge is 0.230 e. The van der Waals surface area contributed by atoms with E-state index in [1.165, 1.54) is 0 Å². The van der Waals surface area contributed by atoms with E-state index in [9.17, 15) is 14.4 Å². The summed E-state index contributed by atoms with van der Waals surface area (Å²) in [7, 11) is 1.58. The van der Waals surface area contributed by atoms with Crippen LogP contribution in [0, 0.1) is 11.8 Å². The SMILES string of the molecule is COc1cccc(NC(=O)[C@H]2CC(=O)N(c3ccc4c(c3)CCN4C(=O)C3CC3)C2)c1. The molecule has 3 aliphatic rings. The monoisotopic (exact) mass is 419 g/mol. The van der Waals surface area contributed by atoms with Gasteiger partial charge in [0, 0.05) is 48.6 Å². The lowest BCUT2D eigenvalue weighted by Gasteiger charge is -2.20. The Morgan fingerprint density at radius 3 is 2.71 bits per heavy atom. The molecular weight excluding hydrogens is 394 g/mol. The molecule has 1 N–H and O–H groups in total. The van der Waals surface area contributed by atoms with Crippen molar-refractivity contribution >= 4 is 34.8 Å². The van der Waals surface area contributed by atoms with Gasteiger partial charge in [0.1, 0.15) is 5.75 Å². The van der Waals surface area contributed by atoms with Crippen LogP contribution >= 0.6 is 0 Å². The van der Waals surface area contributed by atoms with Gasteiger partial charge in [-0.15, -0.1) is 0 Å².